The van der Waals surface area contributed by atoms with Crippen molar-refractivity contribution in [2.24, 2.45) is 0 Å². The van der Waals surface area contributed by atoms with Gasteiger partial charge in [-0.25, -0.2) is 4.68 Å². The van der Waals surface area contributed by atoms with Gasteiger partial charge in [-0.15, -0.1) is 0 Å². The molecule has 1 amide bonds. The molecule has 0 aliphatic heterocycles. The molecule has 0 unspecified atom stereocenters. The maximum atomic E-state index is 12.8. The van der Waals surface area contributed by atoms with E-state index in [0.717, 1.165) is 16.8 Å². The Hall–Kier alpha value is -3.32. The molecular weight excluding hydrogens is 370 g/mol. The molecule has 1 N–H and O–H groups in total. The molecule has 7 heteroatoms. The summed E-state index contributed by atoms with van der Waals surface area (Å²) in [6, 6.07) is 15.1. The third-order valence-electron chi connectivity index (χ3n) is 4.46. The maximum absolute atomic E-state index is 12.8. The predicted octanol–water partition coefficient (Wildman–Crippen LogP) is 3.24. The van der Waals surface area contributed by atoms with Gasteiger partial charge in [0.1, 0.15) is 17.2 Å². The summed E-state index contributed by atoms with van der Waals surface area (Å²) in [6.07, 6.45) is 0. The second kappa shape index (κ2) is 9.25. The number of carbonyl (C=O) groups is 1. The molecule has 0 aliphatic carbocycles. The van der Waals surface area contributed by atoms with Gasteiger partial charge in [-0.05, 0) is 42.8 Å². The molecule has 0 atom stereocenters. The first kappa shape index (κ1) is 20.4. The Morgan fingerprint density at radius 3 is 2.59 bits per heavy atom. The van der Waals surface area contributed by atoms with Crippen LogP contribution in [0.4, 0.5) is 0 Å². The van der Waals surface area contributed by atoms with E-state index in [-0.39, 0.29) is 5.91 Å². The van der Waals surface area contributed by atoms with Gasteiger partial charge in [0.25, 0.3) is 5.91 Å². The summed E-state index contributed by atoms with van der Waals surface area (Å²) in [5.74, 6) is 1.07. The van der Waals surface area contributed by atoms with E-state index in [4.69, 9.17) is 19.3 Å². The van der Waals surface area contributed by atoms with Gasteiger partial charge in [-0.2, -0.15) is 5.10 Å². The molecule has 1 aromatic heterocycles. The number of hydrogen-bond acceptors (Lipinski definition) is 5. The van der Waals surface area contributed by atoms with Crippen molar-refractivity contribution in [3.8, 4) is 28.4 Å². The van der Waals surface area contributed by atoms with Crippen molar-refractivity contribution in [3.63, 3.8) is 0 Å². The van der Waals surface area contributed by atoms with E-state index in [1.807, 2.05) is 43.3 Å². The molecule has 3 rings (SSSR count). The molecule has 1 heterocycles. The average molecular weight is 395 g/mol. The number of rotatable bonds is 8. The van der Waals surface area contributed by atoms with E-state index in [1.54, 1.807) is 38.1 Å². The Morgan fingerprint density at radius 1 is 1.07 bits per heavy atom. The van der Waals surface area contributed by atoms with Gasteiger partial charge in [0.15, 0.2) is 0 Å². The van der Waals surface area contributed by atoms with Gasteiger partial charge in [0.2, 0.25) is 0 Å². The Bertz CT molecular complexity index is 997. The van der Waals surface area contributed by atoms with Crippen LogP contribution < -0.4 is 14.8 Å². The summed E-state index contributed by atoms with van der Waals surface area (Å²) in [5, 5.41) is 7.57. The van der Waals surface area contributed by atoms with Gasteiger partial charge in [-0.1, -0.05) is 12.1 Å². The van der Waals surface area contributed by atoms with E-state index in [9.17, 15) is 4.79 Å². The average Bonchev–Trinajstić information content (AvgIpc) is 3.18. The summed E-state index contributed by atoms with van der Waals surface area (Å²) in [5.41, 5.74) is 3.71. The summed E-state index contributed by atoms with van der Waals surface area (Å²) in [4.78, 5) is 12.8. The van der Waals surface area contributed by atoms with E-state index in [1.165, 1.54) is 0 Å². The number of ether oxygens (including phenoxy) is 3. The number of nitrogens with one attached hydrogen (secondary N) is 1. The highest BCUT2D eigenvalue weighted by Crippen LogP contribution is 2.33. The van der Waals surface area contributed by atoms with Crippen LogP contribution in [0.25, 0.3) is 16.9 Å². The Labute approximate surface area is 170 Å². The van der Waals surface area contributed by atoms with E-state index in [0.29, 0.717) is 36.0 Å². The van der Waals surface area contributed by atoms with Crippen LogP contribution in [-0.2, 0) is 4.74 Å². The third kappa shape index (κ3) is 4.57. The van der Waals surface area contributed by atoms with Gasteiger partial charge in [0.05, 0.1) is 32.2 Å². The number of aryl methyl sites for hydroxylation is 1. The number of methoxy groups -OCH3 is 3. The van der Waals surface area contributed by atoms with Crippen molar-refractivity contribution in [2.75, 3.05) is 34.5 Å². The monoisotopic (exact) mass is 395 g/mol. The zero-order valence-electron chi connectivity index (χ0n) is 17.1. The predicted molar refractivity (Wildman–Crippen MR) is 111 cm³/mol. The van der Waals surface area contributed by atoms with Crippen molar-refractivity contribution in [1.82, 2.24) is 15.1 Å². The second-order valence-corrected chi connectivity index (χ2v) is 6.48. The summed E-state index contributed by atoms with van der Waals surface area (Å²) in [7, 11) is 4.79. The third-order valence-corrected chi connectivity index (χ3v) is 4.46. The zero-order chi connectivity index (χ0) is 20.8. The van der Waals surface area contributed by atoms with E-state index < -0.39 is 0 Å². The van der Waals surface area contributed by atoms with Crippen LogP contribution in [0, 0.1) is 6.92 Å². The molecule has 0 radical (unpaired) electrons. The molecule has 29 heavy (non-hydrogen) atoms. The quantitative estimate of drug-likeness (QED) is 0.593. The Morgan fingerprint density at radius 2 is 1.90 bits per heavy atom. The normalized spacial score (nSPS) is 10.6. The highest BCUT2D eigenvalue weighted by molar-refractivity contribution is 5.94. The highest BCUT2D eigenvalue weighted by Gasteiger charge is 2.19. The molecule has 0 saturated carbocycles. The fourth-order valence-electron chi connectivity index (χ4n) is 3.00. The van der Waals surface area contributed by atoms with Gasteiger partial charge >= 0.3 is 0 Å². The van der Waals surface area contributed by atoms with Crippen molar-refractivity contribution in [1.29, 1.82) is 0 Å². The molecule has 0 spiro atoms. The topological polar surface area (TPSA) is 74.6 Å². The lowest BCUT2D eigenvalue weighted by Gasteiger charge is -2.09. The number of hydrogen-bond donors (Lipinski definition) is 1. The van der Waals surface area contributed by atoms with Gasteiger partial charge < -0.3 is 19.5 Å². The van der Waals surface area contributed by atoms with Crippen molar-refractivity contribution < 1.29 is 19.0 Å². The van der Waals surface area contributed by atoms with Crippen molar-refractivity contribution in [2.45, 2.75) is 6.92 Å². The molecule has 0 saturated heterocycles. The van der Waals surface area contributed by atoms with Crippen LogP contribution >= 0.6 is 0 Å². The lowest BCUT2D eigenvalue weighted by atomic mass is 10.1. The van der Waals surface area contributed by atoms with Gasteiger partial charge in [0, 0.05) is 25.3 Å². The van der Waals surface area contributed by atoms with E-state index >= 15 is 0 Å². The Kier molecular flexibility index (Phi) is 6.51. The number of aromatic nitrogens is 2. The fraction of sp³-hybridized carbons (Fsp3) is 0.273. The van der Waals surface area contributed by atoms with Crippen molar-refractivity contribution in [3.05, 3.63) is 59.8 Å². The molecule has 7 nitrogen and oxygen atoms in total. The SMILES string of the molecule is COCCNC(=O)c1cc(-c2ccc(OC)cc2OC)nn1-c1cccc(C)c1. The van der Waals surface area contributed by atoms with Crippen LogP contribution in [0.2, 0.25) is 0 Å². The second-order valence-electron chi connectivity index (χ2n) is 6.48. The fourth-order valence-corrected chi connectivity index (χ4v) is 3.00. The first-order valence-corrected chi connectivity index (χ1v) is 9.24. The van der Waals surface area contributed by atoms with Crippen LogP contribution in [0.15, 0.2) is 48.5 Å². The standard InChI is InChI=1S/C22H25N3O4/c1-15-6-5-7-16(12-15)25-20(22(26)23-10-11-27-2)14-19(24-25)18-9-8-17(28-3)13-21(18)29-4/h5-9,12-14H,10-11H2,1-4H3,(H,23,26). The van der Waals surface area contributed by atoms with Crippen LogP contribution in [0.1, 0.15) is 16.1 Å². The van der Waals surface area contributed by atoms with Gasteiger partial charge in [-0.3, -0.25) is 4.79 Å². The first-order valence-electron chi connectivity index (χ1n) is 9.24. The number of benzene rings is 2. The minimum absolute atomic E-state index is 0.227. The Balaban J connectivity index is 2.08. The minimum atomic E-state index is -0.227. The lowest BCUT2D eigenvalue weighted by Crippen LogP contribution is -2.28. The van der Waals surface area contributed by atoms with Crippen LogP contribution in [0.3, 0.4) is 0 Å². The first-order chi connectivity index (χ1) is 14.1. The zero-order valence-corrected chi connectivity index (χ0v) is 17.1. The molecule has 2 aromatic carbocycles. The van der Waals surface area contributed by atoms with Crippen LogP contribution in [-0.4, -0.2) is 50.2 Å². The smallest absolute Gasteiger partial charge is 0.270 e. The molecular formula is C22H25N3O4. The molecule has 152 valence electrons. The number of amides is 1. The summed E-state index contributed by atoms with van der Waals surface area (Å²) >= 11 is 0. The number of carbonyl (C=O) groups excluding carboxylic acids is 1. The van der Waals surface area contributed by atoms with Crippen LogP contribution in [0.5, 0.6) is 11.5 Å². The highest BCUT2D eigenvalue weighted by atomic mass is 16.5. The summed E-state index contributed by atoms with van der Waals surface area (Å²) < 4.78 is 17.4. The summed E-state index contributed by atoms with van der Waals surface area (Å²) in [6.45, 7) is 2.84. The largest absolute Gasteiger partial charge is 0.497 e. The molecule has 0 bridgehead atoms. The maximum Gasteiger partial charge on any atom is 0.270 e. The molecule has 3 aromatic rings. The lowest BCUT2D eigenvalue weighted by molar-refractivity contribution is 0.0929. The van der Waals surface area contributed by atoms with Crippen molar-refractivity contribution >= 4 is 5.91 Å². The molecule has 0 aliphatic rings. The minimum Gasteiger partial charge on any atom is -0.497 e. The number of nitrogens with zero attached hydrogens (tertiary/aromatic N) is 2. The van der Waals surface area contributed by atoms with E-state index in [2.05, 4.69) is 5.32 Å². The molecule has 0 fully saturated rings.